The van der Waals surface area contributed by atoms with Crippen molar-refractivity contribution in [3.8, 4) is 28.3 Å². The first kappa shape index (κ1) is 22.3. The molecule has 0 amide bonds. The Bertz CT molecular complexity index is 1330. The van der Waals surface area contributed by atoms with Gasteiger partial charge in [0.25, 0.3) is 0 Å². The van der Waals surface area contributed by atoms with Gasteiger partial charge in [-0.15, -0.1) is 0 Å². The fraction of sp³-hybridized carbons (Fsp3) is 0.333. The maximum atomic E-state index is 12.3. The van der Waals surface area contributed by atoms with Crippen LogP contribution >= 0.6 is 0 Å². The highest BCUT2D eigenvalue weighted by molar-refractivity contribution is 5.92. The molecule has 3 heterocycles. The van der Waals surface area contributed by atoms with Crippen LogP contribution in [0.25, 0.3) is 28.0 Å². The Morgan fingerprint density at radius 1 is 1.21 bits per heavy atom. The molecule has 0 aliphatic rings. The van der Waals surface area contributed by atoms with Gasteiger partial charge in [-0.25, -0.2) is 14.5 Å². The van der Waals surface area contributed by atoms with Crippen molar-refractivity contribution >= 4 is 17.3 Å². The third-order valence-electron chi connectivity index (χ3n) is 5.31. The molecule has 33 heavy (non-hydrogen) atoms. The lowest BCUT2D eigenvalue weighted by molar-refractivity contribution is -0.153. The van der Waals surface area contributed by atoms with E-state index in [0.717, 1.165) is 33.9 Å². The molecule has 1 aromatic carbocycles. The fourth-order valence-electron chi connectivity index (χ4n) is 3.74. The van der Waals surface area contributed by atoms with Crippen molar-refractivity contribution in [2.45, 2.75) is 39.7 Å². The monoisotopic (exact) mass is 448 g/mol. The number of carbonyl (C=O) groups is 1. The summed E-state index contributed by atoms with van der Waals surface area (Å²) in [6, 6.07) is 7.67. The maximum Gasteiger partial charge on any atom is 0.310 e. The van der Waals surface area contributed by atoms with Gasteiger partial charge in [0.2, 0.25) is 0 Å². The van der Waals surface area contributed by atoms with Crippen LogP contribution in [0.5, 0.6) is 5.75 Å². The minimum Gasteiger partial charge on any atom is -0.496 e. The minimum atomic E-state index is -0.548. The molecule has 0 spiro atoms. The normalized spacial score (nSPS) is 11.7. The van der Waals surface area contributed by atoms with E-state index >= 15 is 0 Å². The number of anilines is 1. The van der Waals surface area contributed by atoms with Crippen LogP contribution in [-0.2, 0) is 23.0 Å². The number of carbonyl (C=O) groups excluding carboxylic acids is 1. The summed E-state index contributed by atoms with van der Waals surface area (Å²) in [6.45, 7) is 7.47. The third-order valence-corrected chi connectivity index (χ3v) is 5.31. The van der Waals surface area contributed by atoms with Gasteiger partial charge in [-0.1, -0.05) is 12.1 Å². The highest BCUT2D eigenvalue weighted by Gasteiger charge is 2.21. The van der Waals surface area contributed by atoms with Gasteiger partial charge in [0.1, 0.15) is 34.7 Å². The van der Waals surface area contributed by atoms with Crippen LogP contribution < -0.4 is 10.5 Å². The summed E-state index contributed by atoms with van der Waals surface area (Å²) >= 11 is 0. The molecule has 0 unspecified atom stereocenters. The van der Waals surface area contributed by atoms with Crippen molar-refractivity contribution in [1.29, 1.82) is 0 Å². The molecule has 0 aliphatic carbocycles. The Hall–Kier alpha value is -3.88. The molecule has 3 aromatic heterocycles. The molecule has 0 fully saturated rings. The third kappa shape index (κ3) is 4.39. The molecule has 9 nitrogen and oxygen atoms in total. The van der Waals surface area contributed by atoms with E-state index in [1.165, 1.54) is 6.33 Å². The Labute approximate surface area is 192 Å². The Balaban J connectivity index is 1.80. The SMILES string of the molecule is COc1cc(-c2cc(-c3cn(C)c(C)n3)n3ncnc(N)c23)ccc1CC(=O)OC(C)(C)C. The lowest BCUT2D eigenvalue weighted by Gasteiger charge is -2.20. The lowest BCUT2D eigenvalue weighted by atomic mass is 10.0. The molecule has 0 bridgehead atoms. The van der Waals surface area contributed by atoms with Crippen molar-refractivity contribution in [2.75, 3.05) is 12.8 Å². The zero-order valence-corrected chi connectivity index (χ0v) is 19.7. The molecule has 0 atom stereocenters. The smallest absolute Gasteiger partial charge is 0.310 e. The average molecular weight is 449 g/mol. The standard InChI is InChI=1S/C24H28N6O3/c1-14-28-18(12-29(14)5)19-11-17(22-23(25)26-13-27-30(19)22)15-7-8-16(20(9-15)32-6)10-21(31)33-24(2,3)4/h7-9,11-13H,10H2,1-6H3,(H2,25,26,27). The number of nitrogen functional groups attached to an aromatic ring is 1. The number of hydrogen-bond donors (Lipinski definition) is 1. The quantitative estimate of drug-likeness (QED) is 0.465. The van der Waals surface area contributed by atoms with E-state index < -0.39 is 5.60 Å². The number of fused-ring (bicyclic) bond motifs is 1. The minimum absolute atomic E-state index is 0.112. The van der Waals surface area contributed by atoms with Gasteiger partial charge in [-0.05, 0) is 45.4 Å². The van der Waals surface area contributed by atoms with Crippen LogP contribution in [0.4, 0.5) is 5.82 Å². The van der Waals surface area contributed by atoms with E-state index in [9.17, 15) is 4.79 Å². The predicted molar refractivity (Wildman–Crippen MR) is 126 cm³/mol. The summed E-state index contributed by atoms with van der Waals surface area (Å²) in [6.07, 6.45) is 3.49. The number of imidazole rings is 1. The number of methoxy groups -OCH3 is 1. The zero-order chi connectivity index (χ0) is 23.9. The molecule has 0 aliphatic heterocycles. The van der Waals surface area contributed by atoms with Crippen LogP contribution in [0, 0.1) is 6.92 Å². The molecule has 0 saturated carbocycles. The summed E-state index contributed by atoms with van der Waals surface area (Å²) in [5.41, 5.74) is 10.4. The number of hydrogen-bond acceptors (Lipinski definition) is 7. The lowest BCUT2D eigenvalue weighted by Crippen LogP contribution is -2.25. The number of esters is 1. The van der Waals surface area contributed by atoms with Gasteiger partial charge >= 0.3 is 5.97 Å². The first-order chi connectivity index (χ1) is 15.6. The first-order valence-corrected chi connectivity index (χ1v) is 10.6. The molecule has 2 N–H and O–H groups in total. The summed E-state index contributed by atoms with van der Waals surface area (Å²) in [7, 11) is 3.52. The van der Waals surface area contributed by atoms with Gasteiger partial charge in [0, 0.05) is 24.4 Å². The fourth-order valence-corrected chi connectivity index (χ4v) is 3.74. The number of benzene rings is 1. The molecule has 4 rings (SSSR count). The summed E-state index contributed by atoms with van der Waals surface area (Å²) < 4.78 is 14.8. The maximum absolute atomic E-state index is 12.3. The van der Waals surface area contributed by atoms with Gasteiger partial charge in [-0.2, -0.15) is 5.10 Å². The van der Waals surface area contributed by atoms with Crippen molar-refractivity contribution in [3.05, 3.63) is 48.2 Å². The Kier molecular flexibility index (Phi) is 5.57. The number of nitrogens with two attached hydrogens (primary N) is 1. The topological polar surface area (TPSA) is 110 Å². The van der Waals surface area contributed by atoms with Crippen LogP contribution in [0.1, 0.15) is 32.2 Å². The first-order valence-electron chi connectivity index (χ1n) is 10.6. The highest BCUT2D eigenvalue weighted by Crippen LogP contribution is 2.36. The number of nitrogens with zero attached hydrogens (tertiary/aromatic N) is 5. The second-order valence-electron chi connectivity index (χ2n) is 8.92. The number of aryl methyl sites for hydroxylation is 2. The van der Waals surface area contributed by atoms with Gasteiger partial charge in [0.05, 0.1) is 19.2 Å². The largest absolute Gasteiger partial charge is 0.496 e. The van der Waals surface area contributed by atoms with Crippen molar-refractivity contribution in [3.63, 3.8) is 0 Å². The van der Waals surface area contributed by atoms with Gasteiger partial charge < -0.3 is 19.8 Å². The number of aromatic nitrogens is 5. The molecular formula is C24H28N6O3. The van der Waals surface area contributed by atoms with E-state index in [0.29, 0.717) is 17.1 Å². The summed E-state index contributed by atoms with van der Waals surface area (Å²) in [4.78, 5) is 21.2. The van der Waals surface area contributed by atoms with Crippen LogP contribution in [0.15, 0.2) is 36.8 Å². The van der Waals surface area contributed by atoms with Crippen LogP contribution in [-0.4, -0.2) is 42.8 Å². The van der Waals surface area contributed by atoms with E-state index in [1.54, 1.807) is 11.6 Å². The van der Waals surface area contributed by atoms with E-state index in [-0.39, 0.29) is 12.4 Å². The van der Waals surface area contributed by atoms with Crippen molar-refractivity contribution < 1.29 is 14.3 Å². The Morgan fingerprint density at radius 2 is 1.97 bits per heavy atom. The van der Waals surface area contributed by atoms with E-state index in [4.69, 9.17) is 15.2 Å². The molecule has 172 valence electrons. The molecule has 4 aromatic rings. The second kappa shape index (κ2) is 8.23. The van der Waals surface area contributed by atoms with Crippen molar-refractivity contribution in [1.82, 2.24) is 24.1 Å². The van der Waals surface area contributed by atoms with Crippen molar-refractivity contribution in [2.24, 2.45) is 7.05 Å². The molecule has 0 saturated heterocycles. The number of ether oxygens (including phenoxy) is 2. The van der Waals surface area contributed by atoms with Gasteiger partial charge in [-0.3, -0.25) is 4.79 Å². The summed E-state index contributed by atoms with van der Waals surface area (Å²) in [5, 5.41) is 4.42. The number of rotatable bonds is 5. The van der Waals surface area contributed by atoms with Gasteiger partial charge in [0.15, 0.2) is 5.82 Å². The predicted octanol–water partition coefficient (Wildman–Crippen LogP) is 3.58. The summed E-state index contributed by atoms with van der Waals surface area (Å²) in [5.74, 6) is 1.52. The van der Waals surface area contributed by atoms with E-state index in [1.807, 2.05) is 69.8 Å². The second-order valence-corrected chi connectivity index (χ2v) is 8.92. The molecule has 0 radical (unpaired) electrons. The van der Waals surface area contributed by atoms with E-state index in [2.05, 4.69) is 15.1 Å². The Morgan fingerprint density at radius 3 is 2.61 bits per heavy atom. The highest BCUT2D eigenvalue weighted by atomic mass is 16.6. The average Bonchev–Trinajstić information content (AvgIpc) is 3.28. The molecule has 9 heteroatoms. The van der Waals surface area contributed by atoms with Crippen LogP contribution in [0.3, 0.4) is 0 Å². The molecular weight excluding hydrogens is 420 g/mol. The van der Waals surface area contributed by atoms with Crippen LogP contribution in [0.2, 0.25) is 0 Å². The zero-order valence-electron chi connectivity index (χ0n) is 19.7.